The van der Waals surface area contributed by atoms with Crippen LogP contribution in [0.1, 0.15) is 18.4 Å². The smallest absolute Gasteiger partial charge is 0.228 e. The van der Waals surface area contributed by atoms with E-state index >= 15 is 0 Å². The number of carbonyl (C=O) groups excluding carboxylic acids is 1. The zero-order valence-electron chi connectivity index (χ0n) is 14.9. The molecule has 2 N–H and O–H groups in total. The van der Waals surface area contributed by atoms with Crippen LogP contribution in [0.5, 0.6) is 0 Å². The zero-order valence-corrected chi connectivity index (χ0v) is 14.9. The lowest BCUT2D eigenvalue weighted by Gasteiger charge is -2.36. The van der Waals surface area contributed by atoms with E-state index in [0.717, 1.165) is 30.5 Å². The predicted octanol–water partition coefficient (Wildman–Crippen LogP) is 3.71. The summed E-state index contributed by atoms with van der Waals surface area (Å²) in [7, 11) is 0. The van der Waals surface area contributed by atoms with E-state index in [1.165, 1.54) is 6.07 Å². The molecule has 136 valence electrons. The largest absolute Gasteiger partial charge is 0.352 e. The van der Waals surface area contributed by atoms with Crippen molar-refractivity contribution >= 4 is 5.91 Å². The van der Waals surface area contributed by atoms with Gasteiger partial charge in [0.2, 0.25) is 5.91 Å². The molecule has 1 atom stereocenters. The maximum Gasteiger partial charge on any atom is 0.228 e. The number of benzene rings is 2. The molecule has 1 aliphatic heterocycles. The van der Waals surface area contributed by atoms with E-state index in [1.54, 1.807) is 18.2 Å². The molecule has 1 saturated heterocycles. The predicted molar refractivity (Wildman–Crippen MR) is 103 cm³/mol. The van der Waals surface area contributed by atoms with Crippen molar-refractivity contribution in [1.82, 2.24) is 10.6 Å². The summed E-state index contributed by atoms with van der Waals surface area (Å²) in [5.41, 5.74) is 2.08. The second kappa shape index (κ2) is 8.28. The molecule has 1 heterocycles. The van der Waals surface area contributed by atoms with Crippen LogP contribution in [-0.2, 0) is 11.2 Å². The first kappa shape index (κ1) is 18.3. The minimum atomic E-state index is -0.444. The van der Waals surface area contributed by atoms with Gasteiger partial charge in [0.1, 0.15) is 5.82 Å². The molecule has 2 aromatic rings. The monoisotopic (exact) mass is 352 g/mol. The SMILES string of the molecule is C=CCNC(=O)[C@@]1(Cc2ccc(-c3ccccc3F)cc2)CCCNC1. The third kappa shape index (κ3) is 4.02. The number of hydrogen-bond donors (Lipinski definition) is 2. The van der Waals surface area contributed by atoms with E-state index in [1.807, 2.05) is 30.3 Å². The van der Waals surface area contributed by atoms with E-state index in [9.17, 15) is 9.18 Å². The highest BCUT2D eigenvalue weighted by molar-refractivity contribution is 5.83. The van der Waals surface area contributed by atoms with E-state index < -0.39 is 5.41 Å². The molecule has 4 heteroatoms. The summed E-state index contributed by atoms with van der Waals surface area (Å²) >= 11 is 0. The summed E-state index contributed by atoms with van der Waals surface area (Å²) in [5.74, 6) is -0.153. The number of halogens is 1. The van der Waals surface area contributed by atoms with E-state index in [4.69, 9.17) is 0 Å². The molecular weight excluding hydrogens is 327 g/mol. The Hall–Kier alpha value is -2.46. The van der Waals surface area contributed by atoms with Gasteiger partial charge in [-0.3, -0.25) is 4.79 Å². The summed E-state index contributed by atoms with van der Waals surface area (Å²) < 4.78 is 14.0. The van der Waals surface area contributed by atoms with Crippen LogP contribution in [0.3, 0.4) is 0 Å². The summed E-state index contributed by atoms with van der Waals surface area (Å²) in [4.78, 5) is 12.8. The highest BCUT2D eigenvalue weighted by atomic mass is 19.1. The van der Waals surface area contributed by atoms with Gasteiger partial charge in [-0.1, -0.05) is 48.5 Å². The molecule has 0 bridgehead atoms. The first-order valence-corrected chi connectivity index (χ1v) is 9.08. The molecule has 1 aliphatic rings. The number of nitrogens with one attached hydrogen (secondary N) is 2. The van der Waals surface area contributed by atoms with Crippen LogP contribution in [-0.4, -0.2) is 25.5 Å². The normalized spacial score (nSPS) is 19.7. The van der Waals surface area contributed by atoms with E-state index in [2.05, 4.69) is 17.2 Å². The fourth-order valence-electron chi connectivity index (χ4n) is 3.63. The summed E-state index contributed by atoms with van der Waals surface area (Å²) in [5, 5.41) is 6.32. The molecule has 3 rings (SSSR count). The van der Waals surface area contributed by atoms with Gasteiger partial charge in [-0.15, -0.1) is 6.58 Å². The van der Waals surface area contributed by atoms with Crippen molar-refractivity contribution in [3.63, 3.8) is 0 Å². The van der Waals surface area contributed by atoms with Crippen molar-refractivity contribution in [3.8, 4) is 11.1 Å². The molecule has 26 heavy (non-hydrogen) atoms. The maximum atomic E-state index is 14.0. The molecule has 2 aromatic carbocycles. The van der Waals surface area contributed by atoms with Gasteiger partial charge in [0.15, 0.2) is 0 Å². The Morgan fingerprint density at radius 3 is 2.65 bits per heavy atom. The molecule has 0 saturated carbocycles. The standard InChI is InChI=1S/C22H25FN2O/c1-2-13-25-21(26)22(12-5-14-24-16-22)15-17-8-10-18(11-9-17)19-6-3-4-7-20(19)23/h2-4,6-11,24H,1,5,12-16H2,(H,25,26)/t22-/m1/s1. The first-order chi connectivity index (χ1) is 12.6. The fourth-order valence-corrected chi connectivity index (χ4v) is 3.63. The third-order valence-corrected chi connectivity index (χ3v) is 5.04. The van der Waals surface area contributed by atoms with E-state index in [0.29, 0.717) is 25.1 Å². The van der Waals surface area contributed by atoms with Gasteiger partial charge in [-0.05, 0) is 43.0 Å². The van der Waals surface area contributed by atoms with Gasteiger partial charge < -0.3 is 10.6 Å². The summed E-state index contributed by atoms with van der Waals surface area (Å²) in [6.45, 7) is 5.77. The average molecular weight is 352 g/mol. The van der Waals surface area contributed by atoms with Crippen LogP contribution in [0.25, 0.3) is 11.1 Å². The minimum Gasteiger partial charge on any atom is -0.352 e. The third-order valence-electron chi connectivity index (χ3n) is 5.04. The van der Waals surface area contributed by atoms with Crippen LogP contribution >= 0.6 is 0 Å². The van der Waals surface area contributed by atoms with E-state index in [-0.39, 0.29) is 11.7 Å². The van der Waals surface area contributed by atoms with Crippen LogP contribution in [0, 0.1) is 11.2 Å². The molecular formula is C22H25FN2O. The van der Waals surface area contributed by atoms with Gasteiger partial charge in [0.05, 0.1) is 5.41 Å². The lowest BCUT2D eigenvalue weighted by molar-refractivity contribution is -0.131. The molecule has 0 unspecified atom stereocenters. The van der Waals surface area contributed by atoms with Crippen molar-refractivity contribution in [1.29, 1.82) is 0 Å². The number of hydrogen-bond acceptors (Lipinski definition) is 2. The second-order valence-electron chi connectivity index (χ2n) is 6.91. The lowest BCUT2D eigenvalue weighted by Crippen LogP contribution is -2.51. The quantitative estimate of drug-likeness (QED) is 0.778. The maximum absolute atomic E-state index is 14.0. The average Bonchev–Trinajstić information content (AvgIpc) is 2.68. The molecule has 0 spiro atoms. The van der Waals surface area contributed by atoms with Crippen LogP contribution in [0.2, 0.25) is 0 Å². The Labute approximate surface area is 154 Å². The van der Waals surface area contributed by atoms with Gasteiger partial charge >= 0.3 is 0 Å². The number of piperidine rings is 1. The van der Waals surface area contributed by atoms with Gasteiger partial charge in [-0.25, -0.2) is 4.39 Å². The molecule has 0 aliphatic carbocycles. The Bertz CT molecular complexity index is 764. The molecule has 1 amide bonds. The van der Waals surface area contributed by atoms with Crippen LogP contribution < -0.4 is 10.6 Å². The number of rotatable bonds is 6. The summed E-state index contributed by atoms with van der Waals surface area (Å²) in [6.07, 6.45) is 4.21. The van der Waals surface area contributed by atoms with Crippen LogP contribution in [0.4, 0.5) is 4.39 Å². The topological polar surface area (TPSA) is 41.1 Å². The summed E-state index contributed by atoms with van der Waals surface area (Å²) in [6, 6.07) is 14.6. The molecule has 1 fully saturated rings. The molecule has 0 radical (unpaired) electrons. The van der Waals surface area contributed by atoms with Crippen molar-refractivity contribution in [2.45, 2.75) is 19.3 Å². The van der Waals surface area contributed by atoms with Crippen LogP contribution in [0.15, 0.2) is 61.2 Å². The Kier molecular flexibility index (Phi) is 5.84. The highest BCUT2D eigenvalue weighted by Gasteiger charge is 2.39. The Morgan fingerprint density at radius 2 is 2.00 bits per heavy atom. The Balaban J connectivity index is 1.80. The number of amides is 1. The van der Waals surface area contributed by atoms with Gasteiger partial charge in [-0.2, -0.15) is 0 Å². The van der Waals surface area contributed by atoms with Crippen molar-refractivity contribution < 1.29 is 9.18 Å². The zero-order chi connectivity index (χ0) is 18.4. The van der Waals surface area contributed by atoms with Crippen molar-refractivity contribution in [3.05, 3.63) is 72.6 Å². The minimum absolute atomic E-state index is 0.0720. The fraction of sp³-hybridized carbons (Fsp3) is 0.318. The Morgan fingerprint density at radius 1 is 1.23 bits per heavy atom. The van der Waals surface area contributed by atoms with Crippen molar-refractivity contribution in [2.75, 3.05) is 19.6 Å². The van der Waals surface area contributed by atoms with Gasteiger partial charge in [0.25, 0.3) is 0 Å². The second-order valence-corrected chi connectivity index (χ2v) is 6.91. The van der Waals surface area contributed by atoms with Crippen molar-refractivity contribution in [2.24, 2.45) is 5.41 Å². The first-order valence-electron chi connectivity index (χ1n) is 9.08. The van der Waals surface area contributed by atoms with Gasteiger partial charge in [0, 0.05) is 18.7 Å². The lowest BCUT2D eigenvalue weighted by atomic mass is 9.74. The number of carbonyl (C=O) groups is 1. The molecule has 3 nitrogen and oxygen atoms in total. The molecule has 0 aromatic heterocycles. The highest BCUT2D eigenvalue weighted by Crippen LogP contribution is 2.32.